The van der Waals surface area contributed by atoms with Crippen molar-refractivity contribution >= 4 is 5.91 Å². The standard InChI is InChI=1S/C13H26N2O2/c1-4-12(2,10-14)11(16)15-8-5-6-13(3,17)7-9-15/h17H,4-10,14H2,1-3H3. The fourth-order valence-corrected chi connectivity index (χ4v) is 2.23. The van der Waals surface area contributed by atoms with Crippen LogP contribution >= 0.6 is 0 Å². The Morgan fingerprint density at radius 2 is 2.12 bits per heavy atom. The number of nitrogens with two attached hydrogens (primary N) is 1. The smallest absolute Gasteiger partial charge is 0.229 e. The van der Waals surface area contributed by atoms with Gasteiger partial charge in [0, 0.05) is 19.6 Å². The zero-order chi connectivity index (χ0) is 13.1. The average Bonchev–Trinajstić information content (AvgIpc) is 2.48. The Bertz CT molecular complexity index is 273. The van der Waals surface area contributed by atoms with Crippen LogP contribution in [0.1, 0.15) is 46.5 Å². The molecule has 0 aromatic carbocycles. The van der Waals surface area contributed by atoms with Gasteiger partial charge >= 0.3 is 0 Å². The first-order valence-corrected chi connectivity index (χ1v) is 6.56. The number of carbonyl (C=O) groups is 1. The molecule has 0 bridgehead atoms. The van der Waals surface area contributed by atoms with E-state index in [0.717, 1.165) is 25.8 Å². The van der Waals surface area contributed by atoms with Gasteiger partial charge in [0.25, 0.3) is 0 Å². The average molecular weight is 242 g/mol. The van der Waals surface area contributed by atoms with Crippen LogP contribution in [0.4, 0.5) is 0 Å². The number of nitrogens with zero attached hydrogens (tertiary/aromatic N) is 1. The van der Waals surface area contributed by atoms with E-state index in [1.807, 2.05) is 25.7 Å². The van der Waals surface area contributed by atoms with Crippen molar-refractivity contribution in [2.75, 3.05) is 19.6 Å². The molecule has 1 aliphatic rings. The van der Waals surface area contributed by atoms with Gasteiger partial charge in [0.05, 0.1) is 11.0 Å². The summed E-state index contributed by atoms with van der Waals surface area (Å²) < 4.78 is 0. The number of carbonyl (C=O) groups excluding carboxylic acids is 1. The molecule has 0 aromatic heterocycles. The van der Waals surface area contributed by atoms with Gasteiger partial charge in [0.1, 0.15) is 0 Å². The van der Waals surface area contributed by atoms with Crippen molar-refractivity contribution in [2.45, 2.75) is 52.1 Å². The van der Waals surface area contributed by atoms with Crippen molar-refractivity contribution in [3.05, 3.63) is 0 Å². The summed E-state index contributed by atoms with van der Waals surface area (Å²) in [6.45, 7) is 7.54. The molecular formula is C13H26N2O2. The monoisotopic (exact) mass is 242 g/mol. The third kappa shape index (κ3) is 3.42. The van der Waals surface area contributed by atoms with Crippen LogP contribution in [0.25, 0.3) is 0 Å². The molecule has 1 saturated heterocycles. The van der Waals surface area contributed by atoms with Crippen LogP contribution in [-0.4, -0.2) is 41.1 Å². The molecule has 0 saturated carbocycles. The first-order valence-electron chi connectivity index (χ1n) is 6.56. The molecule has 17 heavy (non-hydrogen) atoms. The number of amides is 1. The Labute approximate surface area is 104 Å². The predicted octanol–water partition coefficient (Wildman–Crippen LogP) is 1.12. The summed E-state index contributed by atoms with van der Waals surface area (Å²) in [5, 5.41) is 10.0. The maximum absolute atomic E-state index is 12.4. The summed E-state index contributed by atoms with van der Waals surface area (Å²) in [6.07, 6.45) is 3.05. The predicted molar refractivity (Wildman–Crippen MR) is 68.5 cm³/mol. The van der Waals surface area contributed by atoms with Crippen LogP contribution in [0, 0.1) is 5.41 Å². The maximum Gasteiger partial charge on any atom is 0.229 e. The van der Waals surface area contributed by atoms with E-state index in [4.69, 9.17) is 5.73 Å². The van der Waals surface area contributed by atoms with E-state index >= 15 is 0 Å². The van der Waals surface area contributed by atoms with Gasteiger partial charge in [0.15, 0.2) is 0 Å². The van der Waals surface area contributed by atoms with Gasteiger partial charge in [-0.05, 0) is 39.5 Å². The third-order valence-electron chi connectivity index (χ3n) is 4.10. The number of likely N-dealkylation sites (tertiary alicyclic amines) is 1. The van der Waals surface area contributed by atoms with Crippen LogP contribution in [0.2, 0.25) is 0 Å². The van der Waals surface area contributed by atoms with Crippen molar-refractivity contribution in [1.82, 2.24) is 4.90 Å². The van der Waals surface area contributed by atoms with Crippen LogP contribution in [0.5, 0.6) is 0 Å². The van der Waals surface area contributed by atoms with E-state index in [1.165, 1.54) is 0 Å². The fourth-order valence-electron chi connectivity index (χ4n) is 2.23. The minimum absolute atomic E-state index is 0.139. The molecule has 100 valence electrons. The molecule has 0 aromatic rings. The van der Waals surface area contributed by atoms with Gasteiger partial charge in [-0.1, -0.05) is 6.92 Å². The summed E-state index contributed by atoms with van der Waals surface area (Å²) in [6, 6.07) is 0. The van der Waals surface area contributed by atoms with E-state index in [9.17, 15) is 9.90 Å². The molecule has 3 N–H and O–H groups in total. The van der Waals surface area contributed by atoms with E-state index in [0.29, 0.717) is 19.5 Å². The van der Waals surface area contributed by atoms with Crippen molar-refractivity contribution in [1.29, 1.82) is 0 Å². The second-order valence-electron chi connectivity index (χ2n) is 5.76. The zero-order valence-corrected chi connectivity index (χ0v) is 11.3. The van der Waals surface area contributed by atoms with E-state index in [-0.39, 0.29) is 5.91 Å². The highest BCUT2D eigenvalue weighted by Crippen LogP contribution is 2.27. The molecule has 1 aliphatic heterocycles. The lowest BCUT2D eigenvalue weighted by atomic mass is 9.86. The summed E-state index contributed by atoms with van der Waals surface area (Å²) in [7, 11) is 0. The number of aliphatic hydroxyl groups is 1. The van der Waals surface area contributed by atoms with Crippen LogP contribution in [0.3, 0.4) is 0 Å². The summed E-state index contributed by atoms with van der Waals surface area (Å²) in [5.41, 5.74) is 4.65. The first-order chi connectivity index (χ1) is 7.84. The van der Waals surface area contributed by atoms with E-state index in [2.05, 4.69) is 0 Å². The van der Waals surface area contributed by atoms with Gasteiger partial charge in [-0.2, -0.15) is 0 Å². The molecule has 1 heterocycles. The fraction of sp³-hybridized carbons (Fsp3) is 0.923. The normalized spacial score (nSPS) is 29.6. The van der Waals surface area contributed by atoms with Crippen molar-refractivity contribution in [3.8, 4) is 0 Å². The molecule has 2 atom stereocenters. The van der Waals surface area contributed by atoms with Crippen molar-refractivity contribution in [3.63, 3.8) is 0 Å². The molecule has 1 rings (SSSR count). The first kappa shape index (κ1) is 14.5. The molecule has 0 aliphatic carbocycles. The molecule has 1 fully saturated rings. The van der Waals surface area contributed by atoms with Gasteiger partial charge in [-0.3, -0.25) is 4.79 Å². The minimum Gasteiger partial charge on any atom is -0.390 e. The molecular weight excluding hydrogens is 216 g/mol. The minimum atomic E-state index is -0.625. The van der Waals surface area contributed by atoms with Crippen LogP contribution in [0.15, 0.2) is 0 Å². The second kappa shape index (κ2) is 5.36. The van der Waals surface area contributed by atoms with Gasteiger partial charge < -0.3 is 15.7 Å². The largest absolute Gasteiger partial charge is 0.390 e. The molecule has 4 nitrogen and oxygen atoms in total. The SMILES string of the molecule is CCC(C)(CN)C(=O)N1CCCC(C)(O)CC1. The van der Waals surface area contributed by atoms with Crippen LogP contribution < -0.4 is 5.73 Å². The Kier molecular flexibility index (Phi) is 4.55. The Morgan fingerprint density at radius 3 is 2.65 bits per heavy atom. The van der Waals surface area contributed by atoms with Gasteiger partial charge in [-0.15, -0.1) is 0 Å². The third-order valence-corrected chi connectivity index (χ3v) is 4.10. The molecule has 2 unspecified atom stereocenters. The number of hydrogen-bond donors (Lipinski definition) is 2. The zero-order valence-electron chi connectivity index (χ0n) is 11.3. The molecule has 1 amide bonds. The molecule has 0 radical (unpaired) electrons. The van der Waals surface area contributed by atoms with Crippen molar-refractivity contribution in [2.24, 2.45) is 11.1 Å². The van der Waals surface area contributed by atoms with Crippen molar-refractivity contribution < 1.29 is 9.90 Å². The Morgan fingerprint density at radius 1 is 1.47 bits per heavy atom. The summed E-state index contributed by atoms with van der Waals surface area (Å²) >= 11 is 0. The highest BCUT2D eigenvalue weighted by atomic mass is 16.3. The Balaban J connectivity index is 2.70. The highest BCUT2D eigenvalue weighted by Gasteiger charge is 2.35. The number of hydrogen-bond acceptors (Lipinski definition) is 3. The number of rotatable bonds is 3. The molecule has 4 heteroatoms. The molecule has 0 spiro atoms. The van der Waals surface area contributed by atoms with Crippen LogP contribution in [-0.2, 0) is 4.79 Å². The van der Waals surface area contributed by atoms with Gasteiger partial charge in [0.2, 0.25) is 5.91 Å². The lowest BCUT2D eigenvalue weighted by molar-refractivity contribution is -0.141. The summed E-state index contributed by atoms with van der Waals surface area (Å²) in [4.78, 5) is 14.3. The van der Waals surface area contributed by atoms with Gasteiger partial charge in [-0.25, -0.2) is 0 Å². The maximum atomic E-state index is 12.4. The van der Waals surface area contributed by atoms with E-state index in [1.54, 1.807) is 0 Å². The van der Waals surface area contributed by atoms with E-state index < -0.39 is 11.0 Å². The topological polar surface area (TPSA) is 66.6 Å². The second-order valence-corrected chi connectivity index (χ2v) is 5.76. The highest BCUT2D eigenvalue weighted by molar-refractivity contribution is 5.82. The lowest BCUT2D eigenvalue weighted by Gasteiger charge is -2.32. The summed E-state index contributed by atoms with van der Waals surface area (Å²) in [5.74, 6) is 0.139. The quantitative estimate of drug-likeness (QED) is 0.779. The Hall–Kier alpha value is -0.610. The lowest BCUT2D eigenvalue weighted by Crippen LogP contribution is -2.46.